The molecule has 3 nitrogen and oxygen atoms in total. The third kappa shape index (κ3) is 4.41. The zero-order valence-electron chi connectivity index (χ0n) is 15.7. The summed E-state index contributed by atoms with van der Waals surface area (Å²) in [6, 6.07) is 14.6. The lowest BCUT2D eigenvalue weighted by Crippen LogP contribution is -2.30. The molecule has 0 spiro atoms. The van der Waals surface area contributed by atoms with Crippen molar-refractivity contribution in [2.45, 2.75) is 12.7 Å². The maximum atomic E-state index is 14.1. The Morgan fingerprint density at radius 3 is 2.42 bits per heavy atom. The number of aromatic nitrogens is 1. The molecule has 0 saturated carbocycles. The predicted octanol–water partition coefficient (Wildman–Crippen LogP) is 6.44. The molecule has 4 rings (SSSR count). The van der Waals surface area contributed by atoms with Gasteiger partial charge < -0.3 is 0 Å². The summed E-state index contributed by atoms with van der Waals surface area (Å²) in [7, 11) is 0. The molecule has 1 amide bonds. The van der Waals surface area contributed by atoms with Crippen molar-refractivity contribution in [2.75, 3.05) is 4.90 Å². The summed E-state index contributed by atoms with van der Waals surface area (Å²) in [6.07, 6.45) is -4.61. The lowest BCUT2D eigenvalue weighted by Gasteiger charge is -2.20. The highest BCUT2D eigenvalue weighted by Gasteiger charge is 2.32. The first kappa shape index (κ1) is 20.9. The van der Waals surface area contributed by atoms with Crippen molar-refractivity contribution in [1.82, 2.24) is 4.98 Å². The summed E-state index contributed by atoms with van der Waals surface area (Å²) in [5.41, 5.74) is -0.586. The number of rotatable bonds is 4. The molecule has 0 unspecified atom stereocenters. The van der Waals surface area contributed by atoms with Crippen molar-refractivity contribution < 1.29 is 26.7 Å². The molecular weight excluding hydrogens is 435 g/mol. The van der Waals surface area contributed by atoms with E-state index in [4.69, 9.17) is 0 Å². The molecule has 0 aliphatic rings. The van der Waals surface area contributed by atoms with Crippen molar-refractivity contribution in [1.29, 1.82) is 0 Å². The Hall–Kier alpha value is -3.33. The Morgan fingerprint density at radius 2 is 1.71 bits per heavy atom. The molecule has 0 atom stereocenters. The van der Waals surface area contributed by atoms with E-state index in [-0.39, 0.29) is 27.5 Å². The van der Waals surface area contributed by atoms with E-state index in [1.54, 1.807) is 30.3 Å². The van der Waals surface area contributed by atoms with Gasteiger partial charge in [-0.2, -0.15) is 13.2 Å². The van der Waals surface area contributed by atoms with E-state index in [0.29, 0.717) is 11.6 Å². The summed E-state index contributed by atoms with van der Waals surface area (Å²) in [4.78, 5) is 18.5. The second-order valence-corrected chi connectivity index (χ2v) is 7.70. The molecule has 9 heteroatoms. The topological polar surface area (TPSA) is 33.2 Å². The first-order chi connectivity index (χ1) is 14.7. The van der Waals surface area contributed by atoms with E-state index in [1.807, 2.05) is 0 Å². The fourth-order valence-electron chi connectivity index (χ4n) is 3.04. The summed E-state index contributed by atoms with van der Waals surface area (Å²) in [5, 5.41) is 0.0470. The van der Waals surface area contributed by atoms with Gasteiger partial charge in [-0.15, -0.1) is 0 Å². The third-order valence-corrected chi connectivity index (χ3v) is 5.52. The van der Waals surface area contributed by atoms with Crippen LogP contribution in [0.4, 0.5) is 27.1 Å². The lowest BCUT2D eigenvalue weighted by molar-refractivity contribution is -0.137. The Bertz CT molecular complexity index is 1250. The maximum Gasteiger partial charge on any atom is 0.416 e. The number of anilines is 1. The van der Waals surface area contributed by atoms with E-state index < -0.39 is 29.3 Å². The standard InChI is InChI=1S/C22H13F5N2OS/c23-16-10-17(24)19-18(11-16)31-21(28-19)29(12-13-5-2-1-3-6-13)20(30)14-7-4-8-15(9-14)22(25,26)27/h1-11H,12H2. The number of benzene rings is 3. The summed E-state index contributed by atoms with van der Waals surface area (Å²) in [6.45, 7) is -0.0140. The smallest absolute Gasteiger partial charge is 0.279 e. The highest BCUT2D eigenvalue weighted by molar-refractivity contribution is 7.22. The van der Waals surface area contributed by atoms with Gasteiger partial charge in [-0.25, -0.2) is 13.8 Å². The number of nitrogens with zero attached hydrogens (tertiary/aromatic N) is 2. The number of carbonyl (C=O) groups is 1. The summed E-state index contributed by atoms with van der Waals surface area (Å²) >= 11 is 0.877. The van der Waals surface area contributed by atoms with E-state index >= 15 is 0 Å². The van der Waals surface area contributed by atoms with E-state index in [9.17, 15) is 26.7 Å². The molecule has 158 valence electrons. The zero-order valence-corrected chi connectivity index (χ0v) is 16.5. The minimum absolute atomic E-state index is 0.0140. The number of hydrogen-bond acceptors (Lipinski definition) is 3. The van der Waals surface area contributed by atoms with Crippen molar-refractivity contribution in [3.63, 3.8) is 0 Å². The normalized spacial score (nSPS) is 11.6. The molecule has 0 radical (unpaired) electrons. The number of amides is 1. The molecule has 31 heavy (non-hydrogen) atoms. The van der Waals surface area contributed by atoms with Gasteiger partial charge in [0.2, 0.25) is 0 Å². The van der Waals surface area contributed by atoms with Gasteiger partial charge in [-0.1, -0.05) is 47.7 Å². The molecule has 0 bridgehead atoms. The van der Waals surface area contributed by atoms with Crippen LogP contribution >= 0.6 is 11.3 Å². The largest absolute Gasteiger partial charge is 0.416 e. The van der Waals surface area contributed by atoms with Gasteiger partial charge in [-0.3, -0.25) is 9.69 Å². The highest BCUT2D eigenvalue weighted by Crippen LogP contribution is 2.34. The van der Waals surface area contributed by atoms with Gasteiger partial charge in [0.25, 0.3) is 5.91 Å². The predicted molar refractivity (Wildman–Crippen MR) is 108 cm³/mol. The van der Waals surface area contributed by atoms with Crippen molar-refractivity contribution in [3.8, 4) is 0 Å². The zero-order chi connectivity index (χ0) is 22.2. The SMILES string of the molecule is O=C(c1cccc(C(F)(F)F)c1)N(Cc1ccccc1)c1nc2c(F)cc(F)cc2s1. The van der Waals surface area contributed by atoms with Crippen LogP contribution in [0.25, 0.3) is 10.2 Å². The second-order valence-electron chi connectivity index (χ2n) is 6.69. The van der Waals surface area contributed by atoms with Crippen LogP contribution in [0.5, 0.6) is 0 Å². The van der Waals surface area contributed by atoms with Gasteiger partial charge in [0, 0.05) is 11.6 Å². The molecule has 0 fully saturated rings. The van der Waals surface area contributed by atoms with E-state index in [1.165, 1.54) is 6.07 Å². The van der Waals surface area contributed by atoms with Crippen LogP contribution in [-0.4, -0.2) is 10.9 Å². The van der Waals surface area contributed by atoms with Crippen LogP contribution in [0.15, 0.2) is 66.7 Å². The minimum atomic E-state index is -4.61. The van der Waals surface area contributed by atoms with Crippen LogP contribution in [0.3, 0.4) is 0 Å². The molecule has 0 saturated heterocycles. The van der Waals surface area contributed by atoms with Gasteiger partial charge in [0.05, 0.1) is 16.8 Å². The average molecular weight is 448 g/mol. The van der Waals surface area contributed by atoms with Gasteiger partial charge >= 0.3 is 6.18 Å². The van der Waals surface area contributed by atoms with Crippen molar-refractivity contribution in [2.24, 2.45) is 0 Å². The molecular formula is C22H13F5N2OS. The van der Waals surface area contributed by atoms with Gasteiger partial charge in [-0.05, 0) is 29.8 Å². The lowest BCUT2D eigenvalue weighted by atomic mass is 10.1. The van der Waals surface area contributed by atoms with Crippen LogP contribution in [0.2, 0.25) is 0 Å². The van der Waals surface area contributed by atoms with Gasteiger partial charge in [0.1, 0.15) is 11.3 Å². The summed E-state index contributed by atoms with van der Waals surface area (Å²) in [5.74, 6) is -2.42. The van der Waals surface area contributed by atoms with Crippen molar-refractivity contribution >= 4 is 32.6 Å². The Kier molecular flexibility index (Phi) is 5.45. The van der Waals surface area contributed by atoms with E-state index in [2.05, 4.69) is 4.98 Å². The number of fused-ring (bicyclic) bond motifs is 1. The number of alkyl halides is 3. The molecule has 0 aliphatic carbocycles. The Balaban J connectivity index is 1.80. The quantitative estimate of drug-likeness (QED) is 0.337. The van der Waals surface area contributed by atoms with Crippen LogP contribution < -0.4 is 4.90 Å². The van der Waals surface area contributed by atoms with Crippen LogP contribution in [0.1, 0.15) is 21.5 Å². The molecule has 4 aromatic rings. The van der Waals surface area contributed by atoms with Crippen molar-refractivity contribution in [3.05, 3.63) is 95.1 Å². The monoisotopic (exact) mass is 448 g/mol. The number of hydrogen-bond donors (Lipinski definition) is 0. The summed E-state index contributed by atoms with van der Waals surface area (Å²) < 4.78 is 67.2. The highest BCUT2D eigenvalue weighted by atomic mass is 32.1. The molecule has 1 heterocycles. The first-order valence-corrected chi connectivity index (χ1v) is 9.82. The number of thiazole rings is 1. The third-order valence-electron chi connectivity index (χ3n) is 4.50. The Labute approximate surface area is 177 Å². The van der Waals surface area contributed by atoms with Crippen LogP contribution in [-0.2, 0) is 12.7 Å². The maximum absolute atomic E-state index is 14.1. The average Bonchev–Trinajstić information content (AvgIpc) is 3.16. The number of carbonyl (C=O) groups excluding carboxylic acids is 1. The molecule has 1 aromatic heterocycles. The Morgan fingerprint density at radius 1 is 0.968 bits per heavy atom. The first-order valence-electron chi connectivity index (χ1n) is 9.01. The van der Waals surface area contributed by atoms with E-state index in [0.717, 1.165) is 40.5 Å². The minimum Gasteiger partial charge on any atom is -0.279 e. The fraction of sp³-hybridized carbons (Fsp3) is 0.0909. The molecule has 3 aromatic carbocycles. The van der Waals surface area contributed by atoms with Crippen LogP contribution in [0, 0.1) is 11.6 Å². The fourth-order valence-corrected chi connectivity index (χ4v) is 4.04. The molecule has 0 aliphatic heterocycles. The second kappa shape index (κ2) is 8.07. The van der Waals surface area contributed by atoms with Gasteiger partial charge in [0.15, 0.2) is 10.9 Å². The molecule has 0 N–H and O–H groups in total. The number of halogens is 5.